The van der Waals surface area contributed by atoms with E-state index in [1.807, 2.05) is 12.1 Å². The Labute approximate surface area is 99.8 Å². The first-order valence-electron chi connectivity index (χ1n) is 5.49. The van der Waals surface area contributed by atoms with E-state index in [9.17, 15) is 0 Å². The molecule has 0 spiro atoms. The Morgan fingerprint density at radius 2 is 2.07 bits per heavy atom. The summed E-state index contributed by atoms with van der Waals surface area (Å²) in [6.07, 6.45) is 4.87. The van der Waals surface area contributed by atoms with Crippen LogP contribution in [0.5, 0.6) is 0 Å². The monoisotopic (exact) mass is 244 g/mol. The fourth-order valence-electron chi connectivity index (χ4n) is 2.05. The standard InChI is InChI=1S/C11H17ClN2S/c12-10-5-6-11(15-10)14-7-8-1-3-9(13)4-2-8/h5-6,8-9,14H,1-4,7,13H2. The van der Waals surface area contributed by atoms with Crippen LogP contribution in [-0.2, 0) is 0 Å². The van der Waals surface area contributed by atoms with Crippen LogP contribution in [0.1, 0.15) is 25.7 Å². The van der Waals surface area contributed by atoms with Crippen molar-refractivity contribution in [3.05, 3.63) is 16.5 Å². The zero-order chi connectivity index (χ0) is 10.7. The van der Waals surface area contributed by atoms with Crippen LogP contribution in [0.15, 0.2) is 12.1 Å². The second-order valence-electron chi connectivity index (χ2n) is 4.27. The molecule has 0 aromatic carbocycles. The van der Waals surface area contributed by atoms with Crippen LogP contribution in [0, 0.1) is 5.92 Å². The van der Waals surface area contributed by atoms with E-state index in [0.717, 1.165) is 16.8 Å². The average molecular weight is 245 g/mol. The summed E-state index contributed by atoms with van der Waals surface area (Å²) in [5.41, 5.74) is 5.87. The molecule has 84 valence electrons. The van der Waals surface area contributed by atoms with Crippen molar-refractivity contribution in [1.29, 1.82) is 0 Å². The maximum absolute atomic E-state index is 5.87. The lowest BCUT2D eigenvalue weighted by Gasteiger charge is -2.26. The Bertz CT molecular complexity index is 305. The molecule has 2 nitrogen and oxygen atoms in total. The highest BCUT2D eigenvalue weighted by atomic mass is 35.5. The van der Waals surface area contributed by atoms with Crippen molar-refractivity contribution < 1.29 is 0 Å². The minimum absolute atomic E-state index is 0.442. The second kappa shape index (κ2) is 5.19. The van der Waals surface area contributed by atoms with E-state index >= 15 is 0 Å². The highest BCUT2D eigenvalue weighted by molar-refractivity contribution is 7.19. The summed E-state index contributed by atoms with van der Waals surface area (Å²) in [6, 6.07) is 4.42. The van der Waals surface area contributed by atoms with E-state index in [4.69, 9.17) is 17.3 Å². The second-order valence-corrected chi connectivity index (χ2v) is 5.98. The van der Waals surface area contributed by atoms with E-state index in [1.54, 1.807) is 11.3 Å². The van der Waals surface area contributed by atoms with Crippen molar-refractivity contribution in [2.45, 2.75) is 31.7 Å². The molecule has 1 aromatic rings. The predicted octanol–water partition coefficient (Wildman–Crippen LogP) is 3.33. The maximum atomic E-state index is 5.87. The summed E-state index contributed by atoms with van der Waals surface area (Å²) >= 11 is 7.47. The lowest BCUT2D eigenvalue weighted by Crippen LogP contribution is -2.29. The topological polar surface area (TPSA) is 38.0 Å². The SMILES string of the molecule is NC1CCC(CNc2ccc(Cl)s2)CC1. The van der Waals surface area contributed by atoms with Crippen molar-refractivity contribution in [3.8, 4) is 0 Å². The van der Waals surface area contributed by atoms with Crippen molar-refractivity contribution in [2.75, 3.05) is 11.9 Å². The number of thiophene rings is 1. The number of nitrogens with two attached hydrogens (primary N) is 1. The summed E-state index contributed by atoms with van der Waals surface area (Å²) in [5, 5.41) is 4.62. The van der Waals surface area contributed by atoms with E-state index in [0.29, 0.717) is 6.04 Å². The quantitative estimate of drug-likeness (QED) is 0.856. The van der Waals surface area contributed by atoms with Gasteiger partial charge in [0.2, 0.25) is 0 Å². The molecule has 0 atom stereocenters. The van der Waals surface area contributed by atoms with Gasteiger partial charge in [-0.25, -0.2) is 0 Å². The normalized spacial score (nSPS) is 26.5. The molecular weight excluding hydrogens is 228 g/mol. The summed E-state index contributed by atoms with van der Waals surface area (Å²) in [5.74, 6) is 0.783. The predicted molar refractivity (Wildman–Crippen MR) is 67.8 cm³/mol. The van der Waals surface area contributed by atoms with Crippen LogP contribution >= 0.6 is 22.9 Å². The molecule has 4 heteroatoms. The number of halogens is 1. The zero-order valence-electron chi connectivity index (χ0n) is 8.71. The Balaban J connectivity index is 1.74. The summed E-state index contributed by atoms with van der Waals surface area (Å²) in [4.78, 5) is 0. The Kier molecular flexibility index (Phi) is 3.89. The fourth-order valence-corrected chi connectivity index (χ4v) is 3.00. The molecule has 0 unspecified atom stereocenters. The van der Waals surface area contributed by atoms with Gasteiger partial charge in [0.1, 0.15) is 0 Å². The molecule has 0 saturated heterocycles. The molecule has 0 radical (unpaired) electrons. The Morgan fingerprint density at radius 3 is 2.67 bits per heavy atom. The lowest BCUT2D eigenvalue weighted by molar-refractivity contribution is 0.339. The first-order chi connectivity index (χ1) is 7.24. The fraction of sp³-hybridized carbons (Fsp3) is 0.636. The molecule has 15 heavy (non-hydrogen) atoms. The highest BCUT2D eigenvalue weighted by Crippen LogP contribution is 2.28. The highest BCUT2D eigenvalue weighted by Gasteiger charge is 2.18. The molecule has 0 aliphatic heterocycles. The van der Waals surface area contributed by atoms with Crippen LogP contribution in [-0.4, -0.2) is 12.6 Å². The van der Waals surface area contributed by atoms with Crippen molar-refractivity contribution in [1.82, 2.24) is 0 Å². The molecular formula is C11H17ClN2S. The van der Waals surface area contributed by atoms with Crippen LogP contribution in [0.4, 0.5) is 5.00 Å². The molecule has 2 rings (SSSR count). The summed E-state index contributed by atoms with van der Waals surface area (Å²) < 4.78 is 0.850. The van der Waals surface area contributed by atoms with Gasteiger partial charge in [0, 0.05) is 12.6 Å². The third-order valence-corrected chi connectivity index (χ3v) is 4.22. The van der Waals surface area contributed by atoms with Gasteiger partial charge in [-0.15, -0.1) is 11.3 Å². The van der Waals surface area contributed by atoms with Crippen LogP contribution in [0.3, 0.4) is 0 Å². The van der Waals surface area contributed by atoms with Gasteiger partial charge in [-0.3, -0.25) is 0 Å². The minimum Gasteiger partial charge on any atom is -0.377 e. The number of anilines is 1. The van der Waals surface area contributed by atoms with Crippen LogP contribution in [0.2, 0.25) is 4.34 Å². The largest absolute Gasteiger partial charge is 0.377 e. The molecule has 0 bridgehead atoms. The van der Waals surface area contributed by atoms with Gasteiger partial charge in [-0.1, -0.05) is 11.6 Å². The van der Waals surface area contributed by atoms with Crippen molar-refractivity contribution >= 4 is 27.9 Å². The minimum atomic E-state index is 0.442. The number of nitrogens with one attached hydrogen (secondary N) is 1. The van der Waals surface area contributed by atoms with Crippen LogP contribution < -0.4 is 11.1 Å². The third kappa shape index (κ3) is 3.37. The van der Waals surface area contributed by atoms with E-state index in [1.165, 1.54) is 30.7 Å². The molecule has 1 fully saturated rings. The third-order valence-electron chi connectivity index (χ3n) is 3.03. The molecule has 1 aliphatic rings. The number of rotatable bonds is 3. The van der Waals surface area contributed by atoms with Crippen molar-refractivity contribution in [2.24, 2.45) is 11.7 Å². The summed E-state index contributed by atoms with van der Waals surface area (Å²) in [6.45, 7) is 1.06. The zero-order valence-corrected chi connectivity index (χ0v) is 10.3. The number of hydrogen-bond acceptors (Lipinski definition) is 3. The van der Waals surface area contributed by atoms with Gasteiger partial charge in [-0.05, 0) is 43.7 Å². The first kappa shape index (κ1) is 11.2. The van der Waals surface area contributed by atoms with Gasteiger partial charge in [0.25, 0.3) is 0 Å². The van der Waals surface area contributed by atoms with Gasteiger partial charge in [-0.2, -0.15) is 0 Å². The van der Waals surface area contributed by atoms with Gasteiger partial charge in [0.05, 0.1) is 9.34 Å². The molecule has 3 N–H and O–H groups in total. The van der Waals surface area contributed by atoms with Gasteiger partial charge in [0.15, 0.2) is 0 Å². The maximum Gasteiger partial charge on any atom is 0.0950 e. The first-order valence-corrected chi connectivity index (χ1v) is 6.68. The average Bonchev–Trinajstić information content (AvgIpc) is 2.64. The van der Waals surface area contributed by atoms with Crippen LogP contribution in [0.25, 0.3) is 0 Å². The molecule has 1 saturated carbocycles. The molecule has 1 aromatic heterocycles. The molecule has 1 aliphatic carbocycles. The van der Waals surface area contributed by atoms with Gasteiger partial charge < -0.3 is 11.1 Å². The molecule has 1 heterocycles. The summed E-state index contributed by atoms with van der Waals surface area (Å²) in [7, 11) is 0. The Morgan fingerprint density at radius 1 is 1.33 bits per heavy atom. The van der Waals surface area contributed by atoms with Crippen molar-refractivity contribution in [3.63, 3.8) is 0 Å². The van der Waals surface area contributed by atoms with E-state index in [2.05, 4.69) is 5.32 Å². The lowest BCUT2D eigenvalue weighted by atomic mass is 9.86. The number of hydrogen-bond donors (Lipinski definition) is 2. The molecule has 0 amide bonds. The van der Waals surface area contributed by atoms with E-state index in [-0.39, 0.29) is 0 Å². The van der Waals surface area contributed by atoms with E-state index < -0.39 is 0 Å². The Hall–Kier alpha value is -0.250. The van der Waals surface area contributed by atoms with Gasteiger partial charge >= 0.3 is 0 Å². The smallest absolute Gasteiger partial charge is 0.0950 e.